The average Bonchev–Trinajstić information content (AvgIpc) is 2.20. The first kappa shape index (κ1) is 12.4. The zero-order valence-corrected chi connectivity index (χ0v) is 9.59. The molecule has 1 N–H and O–H groups in total. The fraction of sp³-hybridized carbons (Fsp3) is 0.308. The molecule has 0 aromatic heterocycles. The molecule has 0 saturated carbocycles. The van der Waals surface area contributed by atoms with Gasteiger partial charge in [0, 0.05) is 19.0 Å². The molecule has 0 aliphatic carbocycles. The van der Waals surface area contributed by atoms with Crippen LogP contribution < -0.4 is 5.32 Å². The molecular weight excluding hydrogens is 205 g/mol. The maximum atomic E-state index is 13.4. The highest BCUT2D eigenvalue weighted by molar-refractivity contribution is 5.72. The molecule has 0 bridgehead atoms. The van der Waals surface area contributed by atoms with E-state index in [1.165, 1.54) is 13.0 Å². The first-order valence-electron chi connectivity index (χ1n) is 5.26. The van der Waals surface area contributed by atoms with Gasteiger partial charge in [0.1, 0.15) is 5.82 Å². The lowest BCUT2D eigenvalue weighted by atomic mass is 10.1. The highest BCUT2D eigenvalue weighted by Crippen LogP contribution is 2.11. The number of aryl methyl sites for hydroxylation is 1. The Bertz CT molecular complexity index is 399. The van der Waals surface area contributed by atoms with Crippen LogP contribution in [0.3, 0.4) is 0 Å². The fourth-order valence-corrected chi connectivity index (χ4v) is 1.31. The van der Waals surface area contributed by atoms with Crippen molar-refractivity contribution in [2.24, 2.45) is 0 Å². The zero-order valence-electron chi connectivity index (χ0n) is 9.59. The number of carbonyl (C=O) groups is 1. The number of hydrogen-bond donors (Lipinski definition) is 1. The van der Waals surface area contributed by atoms with Crippen LogP contribution in [0.2, 0.25) is 0 Å². The molecule has 0 radical (unpaired) electrons. The second-order valence-electron chi connectivity index (χ2n) is 3.70. The van der Waals surface area contributed by atoms with E-state index in [-0.39, 0.29) is 11.7 Å². The Morgan fingerprint density at radius 1 is 1.50 bits per heavy atom. The second kappa shape index (κ2) is 6.05. The van der Waals surface area contributed by atoms with Gasteiger partial charge in [-0.05, 0) is 25.0 Å². The predicted molar refractivity (Wildman–Crippen MR) is 63.5 cm³/mol. The zero-order chi connectivity index (χ0) is 12.0. The average molecular weight is 221 g/mol. The van der Waals surface area contributed by atoms with Gasteiger partial charge < -0.3 is 5.32 Å². The SMILES string of the molecule is CC(=O)NCCC=Cc1ccc(C)cc1F. The van der Waals surface area contributed by atoms with E-state index in [4.69, 9.17) is 0 Å². The van der Waals surface area contributed by atoms with Gasteiger partial charge in [0.25, 0.3) is 0 Å². The number of carbonyl (C=O) groups excluding carboxylic acids is 1. The highest BCUT2D eigenvalue weighted by Gasteiger charge is 1.97. The lowest BCUT2D eigenvalue weighted by Crippen LogP contribution is -2.20. The third-order valence-corrected chi connectivity index (χ3v) is 2.14. The molecule has 1 rings (SSSR count). The first-order valence-corrected chi connectivity index (χ1v) is 5.26. The quantitative estimate of drug-likeness (QED) is 0.778. The van der Waals surface area contributed by atoms with Gasteiger partial charge in [-0.2, -0.15) is 0 Å². The lowest BCUT2D eigenvalue weighted by Gasteiger charge is -1.99. The molecule has 0 fully saturated rings. The predicted octanol–water partition coefficient (Wildman–Crippen LogP) is 2.67. The number of amides is 1. The molecule has 0 aliphatic rings. The Labute approximate surface area is 95.2 Å². The third kappa shape index (κ3) is 4.26. The standard InChI is InChI=1S/C13H16FNO/c1-10-6-7-12(13(14)9-10)5-3-4-8-15-11(2)16/h3,5-7,9H,4,8H2,1-2H3,(H,15,16). The Hall–Kier alpha value is -1.64. The summed E-state index contributed by atoms with van der Waals surface area (Å²) in [6, 6.07) is 5.13. The lowest BCUT2D eigenvalue weighted by molar-refractivity contribution is -0.118. The van der Waals surface area contributed by atoms with Crippen molar-refractivity contribution in [1.82, 2.24) is 5.32 Å². The van der Waals surface area contributed by atoms with Crippen LogP contribution in [-0.2, 0) is 4.79 Å². The van der Waals surface area contributed by atoms with Crippen molar-refractivity contribution in [3.05, 3.63) is 41.2 Å². The summed E-state index contributed by atoms with van der Waals surface area (Å²) < 4.78 is 13.4. The first-order chi connectivity index (χ1) is 7.59. The number of rotatable bonds is 4. The van der Waals surface area contributed by atoms with E-state index >= 15 is 0 Å². The minimum atomic E-state index is -0.212. The van der Waals surface area contributed by atoms with E-state index in [2.05, 4.69) is 5.32 Å². The van der Waals surface area contributed by atoms with Crippen molar-refractivity contribution < 1.29 is 9.18 Å². The second-order valence-corrected chi connectivity index (χ2v) is 3.70. The molecule has 0 saturated heterocycles. The summed E-state index contributed by atoms with van der Waals surface area (Å²) >= 11 is 0. The Balaban J connectivity index is 2.47. The molecule has 1 aromatic rings. The monoisotopic (exact) mass is 221 g/mol. The molecule has 0 atom stereocenters. The van der Waals surface area contributed by atoms with E-state index in [1.54, 1.807) is 12.1 Å². The van der Waals surface area contributed by atoms with Crippen molar-refractivity contribution in [2.45, 2.75) is 20.3 Å². The van der Waals surface area contributed by atoms with Gasteiger partial charge in [-0.3, -0.25) is 4.79 Å². The molecule has 0 unspecified atom stereocenters. The van der Waals surface area contributed by atoms with E-state index in [9.17, 15) is 9.18 Å². The van der Waals surface area contributed by atoms with Gasteiger partial charge in [0.2, 0.25) is 5.91 Å². The molecule has 2 nitrogen and oxygen atoms in total. The van der Waals surface area contributed by atoms with Crippen LogP contribution in [0, 0.1) is 12.7 Å². The maximum absolute atomic E-state index is 13.4. The van der Waals surface area contributed by atoms with E-state index in [0.717, 1.165) is 5.56 Å². The molecule has 0 heterocycles. The van der Waals surface area contributed by atoms with Crippen molar-refractivity contribution in [1.29, 1.82) is 0 Å². The van der Waals surface area contributed by atoms with Crippen LogP contribution in [0.1, 0.15) is 24.5 Å². The number of benzene rings is 1. The smallest absolute Gasteiger partial charge is 0.216 e. The fourth-order valence-electron chi connectivity index (χ4n) is 1.31. The molecule has 86 valence electrons. The number of hydrogen-bond acceptors (Lipinski definition) is 1. The maximum Gasteiger partial charge on any atom is 0.216 e. The van der Waals surface area contributed by atoms with Crippen molar-refractivity contribution in [3.8, 4) is 0 Å². The molecule has 1 aromatic carbocycles. The Morgan fingerprint density at radius 2 is 2.25 bits per heavy atom. The van der Waals surface area contributed by atoms with Gasteiger partial charge in [-0.1, -0.05) is 24.3 Å². The highest BCUT2D eigenvalue weighted by atomic mass is 19.1. The summed E-state index contributed by atoms with van der Waals surface area (Å²) in [5.74, 6) is -0.259. The normalized spacial score (nSPS) is 10.7. The summed E-state index contributed by atoms with van der Waals surface area (Å²) in [7, 11) is 0. The minimum absolute atomic E-state index is 0.0464. The van der Waals surface area contributed by atoms with Gasteiger partial charge in [-0.15, -0.1) is 0 Å². The van der Waals surface area contributed by atoms with Crippen LogP contribution in [0.15, 0.2) is 24.3 Å². The molecule has 0 aliphatic heterocycles. The van der Waals surface area contributed by atoms with Crippen LogP contribution >= 0.6 is 0 Å². The molecule has 0 spiro atoms. The number of halogens is 1. The molecule has 1 amide bonds. The Morgan fingerprint density at radius 3 is 2.88 bits per heavy atom. The topological polar surface area (TPSA) is 29.1 Å². The van der Waals surface area contributed by atoms with Gasteiger partial charge in [-0.25, -0.2) is 4.39 Å². The summed E-state index contributed by atoms with van der Waals surface area (Å²) in [6.07, 6.45) is 4.28. The van der Waals surface area contributed by atoms with Crippen molar-refractivity contribution in [3.63, 3.8) is 0 Å². The van der Waals surface area contributed by atoms with E-state index < -0.39 is 0 Å². The Kier molecular flexibility index (Phi) is 4.70. The van der Waals surface area contributed by atoms with E-state index in [0.29, 0.717) is 18.5 Å². The third-order valence-electron chi connectivity index (χ3n) is 2.14. The summed E-state index contributed by atoms with van der Waals surface area (Å²) in [5, 5.41) is 2.67. The van der Waals surface area contributed by atoms with Crippen LogP contribution in [0.4, 0.5) is 4.39 Å². The van der Waals surface area contributed by atoms with Crippen LogP contribution in [0.25, 0.3) is 6.08 Å². The largest absolute Gasteiger partial charge is 0.356 e. The van der Waals surface area contributed by atoms with Crippen LogP contribution in [0.5, 0.6) is 0 Å². The van der Waals surface area contributed by atoms with Crippen molar-refractivity contribution >= 4 is 12.0 Å². The van der Waals surface area contributed by atoms with Crippen molar-refractivity contribution in [2.75, 3.05) is 6.54 Å². The molecule has 16 heavy (non-hydrogen) atoms. The summed E-state index contributed by atoms with van der Waals surface area (Å²) in [5.41, 5.74) is 1.49. The summed E-state index contributed by atoms with van der Waals surface area (Å²) in [4.78, 5) is 10.6. The number of nitrogens with one attached hydrogen (secondary N) is 1. The van der Waals surface area contributed by atoms with Gasteiger partial charge in [0.15, 0.2) is 0 Å². The minimum Gasteiger partial charge on any atom is -0.356 e. The molecular formula is C13H16FNO. The van der Waals surface area contributed by atoms with Gasteiger partial charge in [0.05, 0.1) is 0 Å². The van der Waals surface area contributed by atoms with Gasteiger partial charge >= 0.3 is 0 Å². The van der Waals surface area contributed by atoms with Crippen LogP contribution in [-0.4, -0.2) is 12.5 Å². The molecule has 3 heteroatoms. The summed E-state index contributed by atoms with van der Waals surface area (Å²) in [6.45, 7) is 3.91. The van der Waals surface area contributed by atoms with E-state index in [1.807, 2.05) is 19.1 Å².